The van der Waals surface area contributed by atoms with Gasteiger partial charge in [0.2, 0.25) is 0 Å². The Hall–Kier alpha value is -2.67. The van der Waals surface area contributed by atoms with Crippen molar-refractivity contribution in [2.75, 3.05) is 42.9 Å². The molecule has 2 N–H and O–H groups in total. The zero-order chi connectivity index (χ0) is 21.8. The molecule has 1 saturated heterocycles. The third kappa shape index (κ3) is 4.98. The van der Waals surface area contributed by atoms with Crippen molar-refractivity contribution in [2.45, 2.75) is 6.92 Å². The second kappa shape index (κ2) is 9.64. The van der Waals surface area contributed by atoms with Crippen LogP contribution < -0.4 is 15.5 Å². The van der Waals surface area contributed by atoms with E-state index >= 15 is 0 Å². The van der Waals surface area contributed by atoms with E-state index in [1.807, 2.05) is 42.5 Å². The van der Waals surface area contributed by atoms with Crippen molar-refractivity contribution in [3.63, 3.8) is 0 Å². The zero-order valence-corrected chi connectivity index (χ0v) is 19.0. The molecular weight excluding hydrogens is 428 g/mol. The van der Waals surface area contributed by atoms with E-state index in [1.165, 1.54) is 5.69 Å². The number of carbonyl (C=O) groups is 1. The van der Waals surface area contributed by atoms with E-state index in [4.69, 9.17) is 23.8 Å². The average Bonchev–Trinajstić information content (AvgIpc) is 2.79. The number of rotatable bonds is 4. The molecule has 0 radical (unpaired) electrons. The molecule has 0 spiro atoms. The van der Waals surface area contributed by atoms with E-state index in [1.54, 1.807) is 6.07 Å². The van der Waals surface area contributed by atoms with E-state index in [-0.39, 0.29) is 11.0 Å². The van der Waals surface area contributed by atoms with Crippen LogP contribution in [0.5, 0.6) is 0 Å². The molecule has 0 aromatic heterocycles. The highest BCUT2D eigenvalue weighted by molar-refractivity contribution is 7.80. The Morgan fingerprint density at radius 1 is 0.968 bits per heavy atom. The molecule has 1 heterocycles. The van der Waals surface area contributed by atoms with E-state index in [9.17, 15) is 4.79 Å². The van der Waals surface area contributed by atoms with Crippen LogP contribution >= 0.6 is 23.8 Å². The summed E-state index contributed by atoms with van der Waals surface area (Å²) in [6, 6.07) is 19.1. The molecule has 3 aromatic carbocycles. The first-order valence-corrected chi connectivity index (χ1v) is 11.2. The van der Waals surface area contributed by atoms with Gasteiger partial charge < -0.3 is 15.1 Å². The van der Waals surface area contributed by atoms with Crippen molar-refractivity contribution in [2.24, 2.45) is 0 Å². The third-order valence-electron chi connectivity index (χ3n) is 5.65. The Balaban J connectivity index is 1.38. The van der Waals surface area contributed by atoms with Gasteiger partial charge in [0.15, 0.2) is 5.11 Å². The first-order valence-electron chi connectivity index (χ1n) is 10.4. The molecule has 31 heavy (non-hydrogen) atoms. The van der Waals surface area contributed by atoms with E-state index in [0.29, 0.717) is 10.6 Å². The minimum absolute atomic E-state index is 0.258. The summed E-state index contributed by atoms with van der Waals surface area (Å²) in [5.41, 5.74) is 2.57. The monoisotopic (exact) mass is 452 g/mol. The second-order valence-electron chi connectivity index (χ2n) is 7.52. The van der Waals surface area contributed by atoms with Gasteiger partial charge in [-0.15, -0.1) is 0 Å². The number of halogens is 1. The quantitative estimate of drug-likeness (QED) is 0.559. The lowest BCUT2D eigenvalue weighted by Gasteiger charge is -2.35. The van der Waals surface area contributed by atoms with Gasteiger partial charge in [-0.2, -0.15) is 0 Å². The minimum atomic E-state index is -0.268. The molecule has 0 bridgehead atoms. The maximum absolute atomic E-state index is 12.8. The number of hydrogen-bond acceptors (Lipinski definition) is 4. The van der Waals surface area contributed by atoms with Gasteiger partial charge in [-0.05, 0) is 60.5 Å². The molecule has 0 saturated carbocycles. The number of anilines is 2. The second-order valence-corrected chi connectivity index (χ2v) is 8.33. The van der Waals surface area contributed by atoms with Crippen molar-refractivity contribution in [1.29, 1.82) is 0 Å². The Morgan fingerprint density at radius 3 is 2.35 bits per heavy atom. The maximum atomic E-state index is 12.8. The Kier molecular flexibility index (Phi) is 6.70. The third-order valence-corrected chi connectivity index (χ3v) is 6.18. The number of fused-ring (bicyclic) bond motifs is 1. The summed E-state index contributed by atoms with van der Waals surface area (Å²) in [7, 11) is 0. The van der Waals surface area contributed by atoms with E-state index in [2.05, 4.69) is 39.5 Å². The van der Waals surface area contributed by atoms with Gasteiger partial charge in [-0.1, -0.05) is 42.8 Å². The molecule has 1 aliphatic rings. The summed E-state index contributed by atoms with van der Waals surface area (Å²) in [6.45, 7) is 7.55. The molecule has 1 aliphatic heterocycles. The smallest absolute Gasteiger partial charge is 0.258 e. The van der Waals surface area contributed by atoms with Crippen LogP contribution in [-0.2, 0) is 0 Å². The van der Waals surface area contributed by atoms with Crippen molar-refractivity contribution >= 4 is 57.0 Å². The van der Waals surface area contributed by atoms with Crippen molar-refractivity contribution in [3.8, 4) is 0 Å². The highest BCUT2D eigenvalue weighted by Crippen LogP contribution is 2.26. The van der Waals surface area contributed by atoms with Gasteiger partial charge in [0.05, 0.1) is 0 Å². The number of hydrogen-bond donors (Lipinski definition) is 2. The lowest BCUT2D eigenvalue weighted by molar-refractivity contribution is 0.0979. The van der Waals surface area contributed by atoms with Gasteiger partial charge in [-0.3, -0.25) is 10.1 Å². The Labute approximate surface area is 193 Å². The number of carbonyl (C=O) groups excluding carboxylic acids is 1. The number of thiocarbonyl (C=S) groups is 1. The van der Waals surface area contributed by atoms with Crippen LogP contribution in [0.1, 0.15) is 17.3 Å². The average molecular weight is 453 g/mol. The Morgan fingerprint density at radius 2 is 1.65 bits per heavy atom. The molecule has 0 atom stereocenters. The first-order chi connectivity index (χ1) is 15.0. The lowest BCUT2D eigenvalue weighted by Crippen LogP contribution is -2.46. The fourth-order valence-corrected chi connectivity index (χ4v) is 4.33. The lowest BCUT2D eigenvalue weighted by atomic mass is 10.0. The molecule has 3 aromatic rings. The van der Waals surface area contributed by atoms with Crippen molar-refractivity contribution < 1.29 is 4.79 Å². The summed E-state index contributed by atoms with van der Waals surface area (Å²) in [5, 5.41) is 8.37. The Bertz CT molecular complexity index is 1090. The van der Waals surface area contributed by atoms with Crippen molar-refractivity contribution in [3.05, 3.63) is 71.2 Å². The predicted molar refractivity (Wildman–Crippen MR) is 133 cm³/mol. The van der Waals surface area contributed by atoms with E-state index < -0.39 is 0 Å². The molecule has 0 unspecified atom stereocenters. The summed E-state index contributed by atoms with van der Waals surface area (Å²) in [5.74, 6) is -0.268. The number of nitrogens with one attached hydrogen (secondary N) is 2. The van der Waals surface area contributed by atoms with Gasteiger partial charge in [0.1, 0.15) is 0 Å². The fraction of sp³-hybridized carbons (Fsp3) is 0.250. The summed E-state index contributed by atoms with van der Waals surface area (Å²) in [6.07, 6.45) is 0. The summed E-state index contributed by atoms with van der Waals surface area (Å²) in [4.78, 5) is 17.6. The molecule has 7 heteroatoms. The van der Waals surface area contributed by atoms with Gasteiger partial charge in [-0.25, -0.2) is 0 Å². The van der Waals surface area contributed by atoms with Crippen LogP contribution in [0, 0.1) is 0 Å². The summed E-state index contributed by atoms with van der Waals surface area (Å²) < 4.78 is 0. The molecule has 1 fully saturated rings. The molecular formula is C24H25ClN4OS. The van der Waals surface area contributed by atoms with Crippen LogP contribution in [0.3, 0.4) is 0 Å². The number of benzene rings is 3. The minimum Gasteiger partial charge on any atom is -0.369 e. The van der Waals surface area contributed by atoms with Crippen LogP contribution in [0.15, 0.2) is 60.7 Å². The molecule has 5 nitrogen and oxygen atoms in total. The van der Waals surface area contributed by atoms with Gasteiger partial charge in [0, 0.05) is 53.5 Å². The molecule has 1 amide bonds. The van der Waals surface area contributed by atoms with Gasteiger partial charge in [0.25, 0.3) is 5.91 Å². The number of amides is 1. The zero-order valence-electron chi connectivity index (χ0n) is 17.4. The molecule has 0 aliphatic carbocycles. The number of likely N-dealkylation sites (N-methyl/N-ethyl adjacent to an activating group) is 1. The van der Waals surface area contributed by atoms with Crippen LogP contribution in [0.2, 0.25) is 5.02 Å². The van der Waals surface area contributed by atoms with Crippen LogP contribution in [0.4, 0.5) is 11.4 Å². The molecule has 160 valence electrons. The standard InChI is InChI=1S/C24H25ClN4OS/c1-2-28-13-15-29(16-14-28)18-11-9-17(10-12-18)26-24(31)27-23(30)21-7-3-6-20-19(21)5-4-8-22(20)25/h3-12H,2,13-16H2,1H3,(H2,26,27,30,31). The van der Waals surface area contributed by atoms with Gasteiger partial charge >= 0.3 is 0 Å². The normalized spacial score (nSPS) is 14.5. The largest absolute Gasteiger partial charge is 0.369 e. The van der Waals surface area contributed by atoms with Crippen LogP contribution in [0.25, 0.3) is 10.8 Å². The fourth-order valence-electron chi connectivity index (χ4n) is 3.88. The SMILES string of the molecule is CCN1CCN(c2ccc(NC(=S)NC(=O)c3cccc4c(Cl)cccc34)cc2)CC1. The highest BCUT2D eigenvalue weighted by atomic mass is 35.5. The number of nitrogens with zero attached hydrogens (tertiary/aromatic N) is 2. The summed E-state index contributed by atoms with van der Waals surface area (Å²) >= 11 is 11.6. The van der Waals surface area contributed by atoms with Crippen LogP contribution in [-0.4, -0.2) is 48.6 Å². The highest BCUT2D eigenvalue weighted by Gasteiger charge is 2.16. The predicted octanol–water partition coefficient (Wildman–Crippen LogP) is 4.76. The number of piperazine rings is 1. The first kappa shape index (κ1) is 21.6. The van der Waals surface area contributed by atoms with Crippen molar-refractivity contribution in [1.82, 2.24) is 10.2 Å². The van der Waals surface area contributed by atoms with E-state index in [0.717, 1.165) is 49.2 Å². The maximum Gasteiger partial charge on any atom is 0.258 e. The molecule has 4 rings (SSSR count). The topological polar surface area (TPSA) is 47.6 Å².